The first-order valence-electron chi connectivity index (χ1n) is 10.9. The van der Waals surface area contributed by atoms with Gasteiger partial charge in [-0.15, -0.1) is 11.3 Å². The molecule has 3 rings (SSSR count). The number of likely N-dealkylation sites (tertiary alicyclic amines) is 1. The molecule has 5 N–H and O–H groups in total. The van der Waals surface area contributed by atoms with Crippen LogP contribution in [0.3, 0.4) is 0 Å². The van der Waals surface area contributed by atoms with E-state index in [9.17, 15) is 24.6 Å². The van der Waals surface area contributed by atoms with Gasteiger partial charge in [-0.25, -0.2) is 9.78 Å². The van der Waals surface area contributed by atoms with Gasteiger partial charge < -0.3 is 30.9 Å². The zero-order valence-electron chi connectivity index (χ0n) is 19.5. The highest BCUT2D eigenvalue weighted by Gasteiger charge is 2.44. The van der Waals surface area contributed by atoms with Gasteiger partial charge in [0.1, 0.15) is 12.1 Å². The molecule has 11 heteroatoms. The van der Waals surface area contributed by atoms with Gasteiger partial charge in [-0.3, -0.25) is 9.59 Å². The summed E-state index contributed by atoms with van der Waals surface area (Å²) in [6.45, 7) is 6.91. The van der Waals surface area contributed by atoms with Crippen LogP contribution in [0.5, 0.6) is 0 Å². The average molecular weight is 491 g/mol. The molecule has 2 heterocycles. The van der Waals surface area contributed by atoms with Crippen LogP contribution in [0, 0.1) is 12.3 Å². The number of aliphatic hydroxyl groups excluding tert-OH is 2. The molecular weight excluding hydrogens is 460 g/mol. The lowest BCUT2D eigenvalue weighted by Gasteiger charge is -2.34. The maximum atomic E-state index is 13.2. The largest absolute Gasteiger partial charge is 0.465 e. The van der Waals surface area contributed by atoms with Crippen molar-refractivity contribution < 1.29 is 29.7 Å². The molecule has 0 bridgehead atoms. The number of nitrogens with zero attached hydrogens (tertiary/aromatic N) is 2. The average Bonchev–Trinajstić information content (AvgIpc) is 3.36. The van der Waals surface area contributed by atoms with Gasteiger partial charge in [0, 0.05) is 18.5 Å². The number of aromatic nitrogens is 1. The molecule has 0 radical (unpaired) electrons. The smallest absolute Gasteiger partial charge is 0.405 e. The minimum atomic E-state index is -1.36. The fourth-order valence-corrected chi connectivity index (χ4v) is 4.77. The second kappa shape index (κ2) is 10.1. The normalized spacial score (nSPS) is 20.0. The van der Waals surface area contributed by atoms with E-state index in [4.69, 9.17) is 5.11 Å². The van der Waals surface area contributed by atoms with Crippen molar-refractivity contribution in [2.75, 3.05) is 6.54 Å². The first-order valence-corrected chi connectivity index (χ1v) is 11.7. The van der Waals surface area contributed by atoms with Crippen LogP contribution in [0.15, 0.2) is 29.8 Å². The number of carboxylic acid groups (broad SMARTS) is 1. The van der Waals surface area contributed by atoms with E-state index in [1.54, 1.807) is 38.4 Å². The molecule has 0 saturated carbocycles. The topological polar surface area (TPSA) is 152 Å². The van der Waals surface area contributed by atoms with E-state index in [1.807, 2.05) is 19.1 Å². The molecule has 10 nitrogen and oxygen atoms in total. The van der Waals surface area contributed by atoms with Gasteiger partial charge >= 0.3 is 6.09 Å². The zero-order valence-corrected chi connectivity index (χ0v) is 20.3. The van der Waals surface area contributed by atoms with Crippen LogP contribution < -0.4 is 10.6 Å². The number of carbonyl (C=O) groups excluding carboxylic acids is 2. The maximum Gasteiger partial charge on any atom is 0.405 e. The van der Waals surface area contributed by atoms with Gasteiger partial charge in [-0.1, -0.05) is 45.0 Å². The molecular formula is C23H30N4O6S. The van der Waals surface area contributed by atoms with E-state index in [2.05, 4.69) is 15.6 Å². The Bertz CT molecular complexity index is 1050. The number of hydrogen-bond donors (Lipinski definition) is 5. The third-order valence-corrected chi connectivity index (χ3v) is 6.74. The second-order valence-electron chi connectivity index (χ2n) is 9.44. The van der Waals surface area contributed by atoms with Crippen LogP contribution in [0.25, 0.3) is 10.4 Å². The molecule has 0 spiro atoms. The van der Waals surface area contributed by atoms with E-state index in [0.717, 1.165) is 16.1 Å². The Morgan fingerprint density at radius 1 is 1.18 bits per heavy atom. The lowest BCUT2D eigenvalue weighted by Crippen LogP contribution is -2.57. The second-order valence-corrected chi connectivity index (χ2v) is 10.3. The summed E-state index contributed by atoms with van der Waals surface area (Å²) in [5.74, 6) is -1.24. The molecule has 4 unspecified atom stereocenters. The van der Waals surface area contributed by atoms with Gasteiger partial charge in [-0.2, -0.15) is 0 Å². The van der Waals surface area contributed by atoms with Crippen molar-refractivity contribution >= 4 is 29.2 Å². The van der Waals surface area contributed by atoms with Crippen molar-refractivity contribution in [1.29, 1.82) is 0 Å². The third kappa shape index (κ3) is 5.72. The summed E-state index contributed by atoms with van der Waals surface area (Å²) in [6, 6.07) is 4.88. The molecule has 1 aliphatic rings. The molecule has 1 aliphatic heterocycles. The highest BCUT2D eigenvalue weighted by atomic mass is 32.1. The van der Waals surface area contributed by atoms with Crippen LogP contribution in [0.1, 0.15) is 44.7 Å². The molecule has 1 aromatic heterocycles. The van der Waals surface area contributed by atoms with Crippen molar-refractivity contribution in [3.05, 3.63) is 41.0 Å². The fourth-order valence-electron chi connectivity index (χ4n) is 3.95. The molecule has 2 aromatic rings. The number of carbonyl (C=O) groups is 3. The predicted octanol–water partition coefficient (Wildman–Crippen LogP) is 1.87. The summed E-state index contributed by atoms with van der Waals surface area (Å²) < 4.78 is 0. The molecule has 184 valence electrons. The number of rotatable bonds is 6. The van der Waals surface area contributed by atoms with Gasteiger partial charge in [0.05, 0.1) is 22.2 Å². The monoisotopic (exact) mass is 490 g/mol. The number of β-amino-alcohol motifs (C(OH)–C–C–N with tert-alkyl or cyclic N) is 1. The molecule has 34 heavy (non-hydrogen) atoms. The Morgan fingerprint density at radius 3 is 2.35 bits per heavy atom. The summed E-state index contributed by atoms with van der Waals surface area (Å²) in [7, 11) is 0. The molecule has 1 saturated heterocycles. The molecule has 4 atom stereocenters. The minimum Gasteiger partial charge on any atom is -0.465 e. The van der Waals surface area contributed by atoms with E-state index in [-0.39, 0.29) is 13.0 Å². The summed E-state index contributed by atoms with van der Waals surface area (Å²) in [5, 5.41) is 34.6. The quantitative estimate of drug-likeness (QED) is 0.388. The number of amides is 3. The Morgan fingerprint density at radius 2 is 1.82 bits per heavy atom. The van der Waals surface area contributed by atoms with Gasteiger partial charge in [0.15, 0.2) is 6.23 Å². The van der Waals surface area contributed by atoms with E-state index < -0.39 is 47.7 Å². The van der Waals surface area contributed by atoms with E-state index in [0.29, 0.717) is 5.56 Å². The Balaban J connectivity index is 1.72. The highest BCUT2D eigenvalue weighted by molar-refractivity contribution is 7.13. The lowest BCUT2D eigenvalue weighted by atomic mass is 9.85. The maximum absolute atomic E-state index is 13.2. The van der Waals surface area contributed by atoms with Crippen LogP contribution in [0.2, 0.25) is 0 Å². The molecule has 3 amide bonds. The molecule has 1 aromatic carbocycles. The van der Waals surface area contributed by atoms with Crippen molar-refractivity contribution in [3.8, 4) is 10.4 Å². The fraction of sp³-hybridized carbons (Fsp3) is 0.478. The highest BCUT2D eigenvalue weighted by Crippen LogP contribution is 2.29. The van der Waals surface area contributed by atoms with E-state index >= 15 is 0 Å². The standard InChI is InChI=1S/C23H30N4O6S/c1-12-17(34-11-24-12)13-5-7-14(8-6-13)19(29)26-20(30)16-9-15(28)10-27(16)21(31)18(23(2,3)4)25-22(32)33/h5-8,11,15-16,18-19,25,28-29H,9-10H2,1-4H3,(H,26,30)(H,32,33). The number of aryl methyl sites for hydroxylation is 1. The van der Waals surface area contributed by atoms with Gasteiger partial charge in [0.25, 0.3) is 0 Å². The zero-order chi connectivity index (χ0) is 25.2. The Hall–Kier alpha value is -3.02. The summed E-state index contributed by atoms with van der Waals surface area (Å²) in [4.78, 5) is 43.8. The molecule has 0 aliphatic carbocycles. The first-order chi connectivity index (χ1) is 15.9. The van der Waals surface area contributed by atoms with E-state index in [1.165, 1.54) is 16.2 Å². The van der Waals surface area contributed by atoms with Gasteiger partial charge in [-0.05, 0) is 17.9 Å². The van der Waals surface area contributed by atoms with Crippen molar-refractivity contribution in [1.82, 2.24) is 20.5 Å². The van der Waals surface area contributed by atoms with Crippen LogP contribution in [0.4, 0.5) is 4.79 Å². The van der Waals surface area contributed by atoms with Crippen molar-refractivity contribution in [3.63, 3.8) is 0 Å². The van der Waals surface area contributed by atoms with Crippen molar-refractivity contribution in [2.24, 2.45) is 5.41 Å². The summed E-state index contributed by atoms with van der Waals surface area (Å²) >= 11 is 1.51. The minimum absolute atomic E-state index is 0.0161. The Kier molecular flexibility index (Phi) is 7.59. The van der Waals surface area contributed by atoms with Crippen LogP contribution in [-0.4, -0.2) is 67.8 Å². The van der Waals surface area contributed by atoms with Crippen molar-refractivity contribution in [2.45, 2.75) is 58.5 Å². The van der Waals surface area contributed by atoms with Gasteiger partial charge in [0.2, 0.25) is 11.8 Å². The Labute approximate surface area is 201 Å². The SMILES string of the molecule is Cc1ncsc1-c1ccc(C(O)NC(=O)C2CC(O)CN2C(=O)C(NC(=O)O)C(C)(C)C)cc1. The predicted molar refractivity (Wildman–Crippen MR) is 126 cm³/mol. The number of thiazole rings is 1. The van der Waals surface area contributed by atoms with Crippen LogP contribution in [-0.2, 0) is 9.59 Å². The summed E-state index contributed by atoms with van der Waals surface area (Å²) in [6.07, 6.45) is -3.64. The molecule has 1 fully saturated rings. The van der Waals surface area contributed by atoms with Crippen LogP contribution >= 0.6 is 11.3 Å². The number of nitrogens with one attached hydrogen (secondary N) is 2. The number of benzene rings is 1. The first kappa shape index (κ1) is 25.6. The lowest BCUT2D eigenvalue weighted by molar-refractivity contribution is -0.143. The summed E-state index contributed by atoms with van der Waals surface area (Å²) in [5.41, 5.74) is 3.30. The number of aliphatic hydroxyl groups is 2. The third-order valence-electron chi connectivity index (χ3n) is 5.76. The number of hydrogen-bond acceptors (Lipinski definition) is 7.